The summed E-state index contributed by atoms with van der Waals surface area (Å²) in [6.07, 6.45) is 1.66. The van der Waals surface area contributed by atoms with Crippen molar-refractivity contribution in [1.82, 2.24) is 0 Å². The smallest absolute Gasteiger partial charge is 0.334 e. The van der Waals surface area contributed by atoms with E-state index in [4.69, 9.17) is 5.73 Å². The molecule has 0 radical (unpaired) electrons. The van der Waals surface area contributed by atoms with Crippen molar-refractivity contribution in [3.05, 3.63) is 11.6 Å². The molecule has 0 fully saturated rings. The van der Waals surface area contributed by atoms with Crippen LogP contribution in [0.3, 0.4) is 0 Å². The topological polar surface area (TPSA) is 52.3 Å². The Kier molecular flexibility index (Phi) is 7.36. The molecule has 0 bridgehead atoms. The van der Waals surface area contributed by atoms with E-state index in [1.807, 2.05) is 0 Å². The van der Waals surface area contributed by atoms with Gasteiger partial charge in [0.05, 0.1) is 7.11 Å². The van der Waals surface area contributed by atoms with Crippen LogP contribution in [0.1, 0.15) is 13.8 Å². The van der Waals surface area contributed by atoms with Gasteiger partial charge < -0.3 is 10.5 Å². The first-order valence-corrected chi connectivity index (χ1v) is 3.13. The molecule has 4 heteroatoms. The maximum Gasteiger partial charge on any atom is 0.334 e. The zero-order chi connectivity index (χ0) is 8.15. The fourth-order valence-corrected chi connectivity index (χ4v) is 0.684. The highest BCUT2D eigenvalue weighted by atomic mass is 35.5. The van der Waals surface area contributed by atoms with E-state index >= 15 is 0 Å². The van der Waals surface area contributed by atoms with Crippen molar-refractivity contribution in [1.29, 1.82) is 0 Å². The van der Waals surface area contributed by atoms with Gasteiger partial charge >= 0.3 is 5.97 Å². The predicted octanol–water partition coefficient (Wildman–Crippen LogP) is 0.875. The van der Waals surface area contributed by atoms with Crippen LogP contribution in [0.15, 0.2) is 11.6 Å². The summed E-state index contributed by atoms with van der Waals surface area (Å²) in [6.45, 7) is 3.50. The fraction of sp³-hybridized carbons (Fsp3) is 0.571. The van der Waals surface area contributed by atoms with E-state index in [-0.39, 0.29) is 24.4 Å². The average Bonchev–Trinajstić information content (AvgIpc) is 1.88. The maximum absolute atomic E-state index is 10.8. The van der Waals surface area contributed by atoms with E-state index in [1.54, 1.807) is 19.9 Å². The Bertz CT molecular complexity index is 155. The van der Waals surface area contributed by atoms with E-state index in [1.165, 1.54) is 7.11 Å². The second kappa shape index (κ2) is 6.19. The highest BCUT2D eigenvalue weighted by Gasteiger charge is 2.11. The number of rotatable bonds is 2. The largest absolute Gasteiger partial charge is 0.466 e. The van der Waals surface area contributed by atoms with Crippen LogP contribution >= 0.6 is 12.4 Å². The number of allylic oxidation sites excluding steroid dienone is 1. The van der Waals surface area contributed by atoms with Crippen molar-refractivity contribution in [2.24, 2.45) is 5.73 Å². The molecule has 0 aromatic carbocycles. The van der Waals surface area contributed by atoms with Crippen LogP contribution in [0.25, 0.3) is 0 Å². The lowest BCUT2D eigenvalue weighted by Crippen LogP contribution is -2.24. The molecule has 1 atom stereocenters. The van der Waals surface area contributed by atoms with Crippen LogP contribution in [0.4, 0.5) is 0 Å². The van der Waals surface area contributed by atoms with Crippen LogP contribution in [-0.4, -0.2) is 19.1 Å². The Labute approximate surface area is 73.0 Å². The number of methoxy groups -OCH3 is 1. The van der Waals surface area contributed by atoms with Crippen LogP contribution in [-0.2, 0) is 9.53 Å². The summed E-state index contributed by atoms with van der Waals surface area (Å²) in [5, 5.41) is 0. The Balaban J connectivity index is 0. The Hall–Kier alpha value is -0.540. The van der Waals surface area contributed by atoms with Gasteiger partial charge in [0.2, 0.25) is 0 Å². The van der Waals surface area contributed by atoms with E-state index in [0.29, 0.717) is 5.57 Å². The third kappa shape index (κ3) is 4.01. The molecule has 0 amide bonds. The van der Waals surface area contributed by atoms with Gasteiger partial charge in [0.25, 0.3) is 0 Å². The third-order valence-electron chi connectivity index (χ3n) is 1.22. The minimum atomic E-state index is -0.350. The van der Waals surface area contributed by atoms with Crippen molar-refractivity contribution >= 4 is 18.4 Å². The summed E-state index contributed by atoms with van der Waals surface area (Å²) in [4.78, 5) is 10.8. The van der Waals surface area contributed by atoms with Crippen molar-refractivity contribution in [2.75, 3.05) is 7.11 Å². The SMILES string of the molecule is CC=C(C(=O)OC)C(C)N.Cl. The van der Waals surface area contributed by atoms with Gasteiger partial charge in [0.1, 0.15) is 0 Å². The minimum absolute atomic E-state index is 0. The van der Waals surface area contributed by atoms with Gasteiger partial charge in [-0.2, -0.15) is 0 Å². The van der Waals surface area contributed by atoms with E-state index in [9.17, 15) is 4.79 Å². The normalized spacial score (nSPS) is 13.3. The van der Waals surface area contributed by atoms with Crippen LogP contribution in [0.2, 0.25) is 0 Å². The van der Waals surface area contributed by atoms with Gasteiger partial charge in [-0.1, -0.05) is 6.08 Å². The maximum atomic E-state index is 10.8. The molecule has 0 aliphatic carbocycles. The van der Waals surface area contributed by atoms with Gasteiger partial charge in [-0.05, 0) is 13.8 Å². The van der Waals surface area contributed by atoms with Crippen molar-refractivity contribution < 1.29 is 9.53 Å². The standard InChI is InChI=1S/C7H13NO2.ClH/c1-4-6(5(2)8)7(9)10-3;/h4-5H,8H2,1-3H3;1H. The molecule has 0 aliphatic heterocycles. The molecule has 11 heavy (non-hydrogen) atoms. The average molecular weight is 180 g/mol. The number of carbonyl (C=O) groups is 1. The van der Waals surface area contributed by atoms with Gasteiger partial charge in [-0.3, -0.25) is 0 Å². The summed E-state index contributed by atoms with van der Waals surface area (Å²) < 4.78 is 4.48. The van der Waals surface area contributed by atoms with Crippen molar-refractivity contribution in [2.45, 2.75) is 19.9 Å². The number of esters is 1. The van der Waals surface area contributed by atoms with Crippen molar-refractivity contribution in [3.8, 4) is 0 Å². The summed E-state index contributed by atoms with van der Waals surface area (Å²) >= 11 is 0. The van der Waals surface area contributed by atoms with E-state index in [0.717, 1.165) is 0 Å². The molecule has 0 saturated carbocycles. The highest BCUT2D eigenvalue weighted by molar-refractivity contribution is 5.89. The molecule has 2 N–H and O–H groups in total. The molecular weight excluding hydrogens is 166 g/mol. The lowest BCUT2D eigenvalue weighted by Gasteiger charge is -2.06. The minimum Gasteiger partial charge on any atom is -0.466 e. The molecule has 0 rings (SSSR count). The molecule has 0 heterocycles. The summed E-state index contributed by atoms with van der Waals surface area (Å²) in [5.74, 6) is -0.350. The Morgan fingerprint density at radius 3 is 2.18 bits per heavy atom. The Morgan fingerprint density at radius 1 is 1.64 bits per heavy atom. The number of nitrogens with two attached hydrogens (primary N) is 1. The van der Waals surface area contributed by atoms with Crippen molar-refractivity contribution in [3.63, 3.8) is 0 Å². The zero-order valence-electron chi connectivity index (χ0n) is 6.96. The summed E-state index contributed by atoms with van der Waals surface area (Å²) in [5.41, 5.74) is 5.97. The lowest BCUT2D eigenvalue weighted by molar-refractivity contribution is -0.136. The molecule has 0 aromatic rings. The molecule has 0 aliphatic rings. The van der Waals surface area contributed by atoms with Crippen LogP contribution in [0.5, 0.6) is 0 Å². The van der Waals surface area contributed by atoms with Gasteiger partial charge in [-0.25, -0.2) is 4.79 Å². The van der Waals surface area contributed by atoms with Gasteiger partial charge in [0.15, 0.2) is 0 Å². The summed E-state index contributed by atoms with van der Waals surface area (Å²) in [7, 11) is 1.34. The molecule has 1 unspecified atom stereocenters. The number of hydrogen-bond acceptors (Lipinski definition) is 3. The molecule has 3 nitrogen and oxygen atoms in total. The molecular formula is C7H14ClNO2. The number of hydrogen-bond donors (Lipinski definition) is 1. The van der Waals surface area contributed by atoms with E-state index < -0.39 is 0 Å². The van der Waals surface area contributed by atoms with Crippen LogP contribution in [0, 0.1) is 0 Å². The Morgan fingerprint density at radius 2 is 2.09 bits per heavy atom. The van der Waals surface area contributed by atoms with Gasteiger partial charge in [0, 0.05) is 11.6 Å². The van der Waals surface area contributed by atoms with Gasteiger partial charge in [-0.15, -0.1) is 12.4 Å². The monoisotopic (exact) mass is 179 g/mol. The fourth-order valence-electron chi connectivity index (χ4n) is 0.684. The second-order valence-electron chi connectivity index (χ2n) is 2.02. The highest BCUT2D eigenvalue weighted by Crippen LogP contribution is 2.00. The lowest BCUT2D eigenvalue weighted by atomic mass is 10.1. The number of halogens is 1. The quantitative estimate of drug-likeness (QED) is 0.506. The first kappa shape index (κ1) is 13.1. The van der Waals surface area contributed by atoms with E-state index in [2.05, 4.69) is 4.74 Å². The molecule has 0 saturated heterocycles. The number of carbonyl (C=O) groups excluding carboxylic acids is 1. The second-order valence-corrected chi connectivity index (χ2v) is 2.02. The van der Waals surface area contributed by atoms with Crippen LogP contribution < -0.4 is 5.73 Å². The first-order valence-electron chi connectivity index (χ1n) is 3.13. The summed E-state index contributed by atoms with van der Waals surface area (Å²) in [6, 6.07) is -0.252. The first-order chi connectivity index (χ1) is 4.63. The third-order valence-corrected chi connectivity index (χ3v) is 1.22. The molecule has 0 aromatic heterocycles. The molecule has 0 spiro atoms. The number of ether oxygens (including phenoxy) is 1. The zero-order valence-corrected chi connectivity index (χ0v) is 7.77. The molecule has 66 valence electrons. The predicted molar refractivity (Wildman–Crippen MR) is 46.7 cm³/mol.